The summed E-state index contributed by atoms with van der Waals surface area (Å²) in [6, 6.07) is 5.51. The Morgan fingerprint density at radius 2 is 2.14 bits per heavy atom. The second kappa shape index (κ2) is 8.83. The van der Waals surface area contributed by atoms with E-state index >= 15 is 0 Å². The van der Waals surface area contributed by atoms with Crippen LogP contribution >= 0.6 is 27.7 Å². The maximum absolute atomic E-state index is 12.5. The van der Waals surface area contributed by atoms with E-state index in [0.717, 1.165) is 33.8 Å². The molecule has 0 spiro atoms. The molecule has 1 aliphatic carbocycles. The fourth-order valence-electron chi connectivity index (χ4n) is 3.88. The van der Waals surface area contributed by atoms with Crippen LogP contribution in [0.2, 0.25) is 0 Å². The highest BCUT2D eigenvalue weighted by Gasteiger charge is 2.35. The first-order valence-corrected chi connectivity index (χ1v) is 11.5. The molecule has 8 heteroatoms. The lowest BCUT2D eigenvalue weighted by Gasteiger charge is -2.20. The van der Waals surface area contributed by atoms with Gasteiger partial charge in [-0.3, -0.25) is 10.2 Å². The maximum Gasteiger partial charge on any atom is 0.283 e. The van der Waals surface area contributed by atoms with Crippen molar-refractivity contribution < 1.29 is 9.53 Å². The molecule has 1 amide bonds. The summed E-state index contributed by atoms with van der Waals surface area (Å²) < 4.78 is 6.03. The Morgan fingerprint density at radius 1 is 1.34 bits per heavy atom. The minimum atomic E-state index is -0.399. The normalized spacial score (nSPS) is 21.3. The maximum atomic E-state index is 12.5. The molecule has 152 valence electrons. The second-order valence-electron chi connectivity index (χ2n) is 7.45. The van der Waals surface area contributed by atoms with E-state index in [1.807, 2.05) is 18.2 Å². The van der Waals surface area contributed by atoms with Gasteiger partial charge >= 0.3 is 0 Å². The van der Waals surface area contributed by atoms with Crippen LogP contribution in [-0.2, 0) is 4.79 Å². The number of carbonyl (C=O) groups excluding carboxylic acids is 1. The first kappa shape index (κ1) is 20.3. The van der Waals surface area contributed by atoms with E-state index in [1.54, 1.807) is 13.2 Å². The highest BCUT2D eigenvalue weighted by Crippen LogP contribution is 2.33. The van der Waals surface area contributed by atoms with Gasteiger partial charge in [0, 0.05) is 0 Å². The average Bonchev–Trinajstić information content (AvgIpc) is 3.13. The van der Waals surface area contributed by atoms with Crippen LogP contribution < -0.4 is 4.74 Å². The Kier molecular flexibility index (Phi) is 6.20. The van der Waals surface area contributed by atoms with Gasteiger partial charge < -0.3 is 4.74 Å². The van der Waals surface area contributed by atoms with Crippen LogP contribution in [0.3, 0.4) is 0 Å². The van der Waals surface area contributed by atoms with E-state index < -0.39 is 5.91 Å². The molecule has 0 radical (unpaired) electrons. The van der Waals surface area contributed by atoms with E-state index in [9.17, 15) is 4.79 Å². The number of amidine groups is 2. The fourth-order valence-corrected chi connectivity index (χ4v) is 5.33. The molecule has 0 saturated heterocycles. The van der Waals surface area contributed by atoms with Crippen LogP contribution in [0.1, 0.15) is 50.5 Å². The number of hydrogen-bond donors (Lipinski definition) is 1. The third kappa shape index (κ3) is 4.48. The molecule has 2 aliphatic heterocycles. The number of rotatable bonds is 5. The highest BCUT2D eigenvalue weighted by molar-refractivity contribution is 9.10. The van der Waals surface area contributed by atoms with Crippen molar-refractivity contribution in [3.05, 3.63) is 33.8 Å². The summed E-state index contributed by atoms with van der Waals surface area (Å²) in [5, 5.41) is 16.0. The average molecular weight is 475 g/mol. The molecule has 6 nitrogen and oxygen atoms in total. The van der Waals surface area contributed by atoms with Gasteiger partial charge in [0.15, 0.2) is 5.84 Å². The van der Waals surface area contributed by atoms with Gasteiger partial charge in [-0.05, 0) is 70.2 Å². The predicted octanol–water partition coefficient (Wildman–Crippen LogP) is 5.44. The van der Waals surface area contributed by atoms with Gasteiger partial charge in [0.2, 0.25) is 5.17 Å². The third-order valence-electron chi connectivity index (χ3n) is 5.47. The third-order valence-corrected chi connectivity index (χ3v) is 7.06. The topological polar surface area (TPSA) is 78.1 Å². The van der Waals surface area contributed by atoms with Crippen molar-refractivity contribution in [3.63, 3.8) is 0 Å². The molecule has 1 fully saturated rings. The summed E-state index contributed by atoms with van der Waals surface area (Å²) in [6.07, 6.45) is 10.3. The quantitative estimate of drug-likeness (QED) is 0.576. The number of aliphatic imine (C=N–C) groups is 1. The number of nitrogens with zero attached hydrogens (tertiary/aromatic N) is 3. The Bertz CT molecular complexity index is 935. The van der Waals surface area contributed by atoms with Crippen LogP contribution in [0.15, 0.2) is 38.3 Å². The summed E-state index contributed by atoms with van der Waals surface area (Å²) in [6.45, 7) is 0. The van der Waals surface area contributed by atoms with E-state index in [-0.39, 0.29) is 11.4 Å². The van der Waals surface area contributed by atoms with Crippen LogP contribution in [0.5, 0.6) is 5.75 Å². The number of hydrazone groups is 1. The molecule has 29 heavy (non-hydrogen) atoms. The largest absolute Gasteiger partial charge is 0.496 e. The van der Waals surface area contributed by atoms with Crippen molar-refractivity contribution in [2.75, 3.05) is 7.11 Å². The number of amides is 1. The van der Waals surface area contributed by atoms with Gasteiger partial charge in [-0.15, -0.1) is 0 Å². The summed E-state index contributed by atoms with van der Waals surface area (Å²) in [7, 11) is 1.60. The van der Waals surface area contributed by atoms with Gasteiger partial charge in [-0.2, -0.15) is 15.1 Å². The Labute approximate surface area is 183 Å². The van der Waals surface area contributed by atoms with Crippen molar-refractivity contribution >= 4 is 55.7 Å². The molecular weight excluding hydrogens is 452 g/mol. The second-order valence-corrected chi connectivity index (χ2v) is 9.35. The van der Waals surface area contributed by atoms with Crippen molar-refractivity contribution in [2.24, 2.45) is 16.0 Å². The SMILES string of the molecule is COc1ccc(/C=C2/C(=N)N3N=C(CCC4CCCCC4)SC3=NC2=O)cc1Br. The van der Waals surface area contributed by atoms with Crippen LogP contribution in [-0.4, -0.2) is 34.1 Å². The van der Waals surface area contributed by atoms with Crippen molar-refractivity contribution in [2.45, 2.75) is 44.9 Å². The zero-order chi connectivity index (χ0) is 20.4. The summed E-state index contributed by atoms with van der Waals surface area (Å²) in [5.41, 5.74) is 1.03. The van der Waals surface area contributed by atoms with Crippen molar-refractivity contribution in [3.8, 4) is 5.75 Å². The molecule has 3 aliphatic rings. The number of methoxy groups -OCH3 is 1. The Hall–Kier alpha value is -1.93. The predicted molar refractivity (Wildman–Crippen MR) is 122 cm³/mol. The molecule has 2 heterocycles. The number of halogens is 1. The lowest BCUT2D eigenvalue weighted by Crippen LogP contribution is -2.35. The standard InChI is InChI=1S/C21H23BrN4O2S/c1-28-17-9-7-14(12-16(17)22)11-15-19(23)26-21(24-20(15)27)29-18(25-26)10-8-13-5-3-2-4-6-13/h7,9,11-13,23H,2-6,8,10H2,1H3/b15-11-,23-19?. The zero-order valence-corrected chi connectivity index (χ0v) is 18.7. The van der Waals surface area contributed by atoms with Gasteiger partial charge in [0.25, 0.3) is 5.91 Å². The molecule has 0 bridgehead atoms. The van der Waals surface area contributed by atoms with Crippen LogP contribution in [0, 0.1) is 11.3 Å². The first-order valence-electron chi connectivity index (χ1n) is 9.88. The molecule has 1 N–H and O–H groups in total. The smallest absolute Gasteiger partial charge is 0.283 e. The van der Waals surface area contributed by atoms with Crippen LogP contribution in [0.4, 0.5) is 0 Å². The summed E-state index contributed by atoms with van der Waals surface area (Å²) in [5.74, 6) is 1.16. The van der Waals surface area contributed by atoms with Gasteiger partial charge in [-0.25, -0.2) is 0 Å². The Morgan fingerprint density at radius 3 is 2.86 bits per heavy atom. The molecule has 1 saturated carbocycles. The highest BCUT2D eigenvalue weighted by atomic mass is 79.9. The molecule has 1 aromatic rings. The fraction of sp³-hybridized carbons (Fsp3) is 0.429. The van der Waals surface area contributed by atoms with E-state index in [4.69, 9.17) is 10.1 Å². The van der Waals surface area contributed by atoms with Crippen molar-refractivity contribution in [1.82, 2.24) is 5.01 Å². The number of ether oxygens (including phenoxy) is 1. The van der Waals surface area contributed by atoms with E-state index in [0.29, 0.717) is 10.9 Å². The van der Waals surface area contributed by atoms with Gasteiger partial charge in [-0.1, -0.05) is 38.2 Å². The molecular formula is C21H23BrN4O2S. The molecule has 0 aromatic heterocycles. The molecule has 4 rings (SSSR count). The lowest BCUT2D eigenvalue weighted by molar-refractivity contribution is -0.114. The summed E-state index contributed by atoms with van der Waals surface area (Å²) in [4.78, 5) is 16.7. The number of hydrogen-bond acceptors (Lipinski definition) is 5. The number of nitrogens with one attached hydrogen (secondary N) is 1. The first-order chi connectivity index (χ1) is 14.0. The molecule has 1 aromatic carbocycles. The monoisotopic (exact) mass is 474 g/mol. The number of fused-ring (bicyclic) bond motifs is 1. The van der Waals surface area contributed by atoms with Crippen LogP contribution in [0.25, 0.3) is 6.08 Å². The van der Waals surface area contributed by atoms with Crippen molar-refractivity contribution in [1.29, 1.82) is 5.41 Å². The van der Waals surface area contributed by atoms with E-state index in [1.165, 1.54) is 48.9 Å². The minimum absolute atomic E-state index is 0.0760. The molecule has 0 unspecified atom stereocenters. The van der Waals surface area contributed by atoms with Gasteiger partial charge in [0.1, 0.15) is 10.8 Å². The summed E-state index contributed by atoms with van der Waals surface area (Å²) >= 11 is 4.87. The Balaban J connectivity index is 1.49. The zero-order valence-electron chi connectivity index (χ0n) is 16.3. The minimum Gasteiger partial charge on any atom is -0.496 e. The van der Waals surface area contributed by atoms with E-state index in [2.05, 4.69) is 26.0 Å². The number of thioether (sulfide) groups is 1. The molecule has 0 atom stereocenters. The lowest BCUT2D eigenvalue weighted by atomic mass is 9.86. The number of carbonyl (C=O) groups is 1. The number of benzene rings is 1. The van der Waals surface area contributed by atoms with Gasteiger partial charge in [0.05, 0.1) is 17.2 Å².